The molecular weight excluding hydrogens is 282 g/mol. The average Bonchev–Trinajstić information content (AvgIpc) is 3.16. The normalized spacial score (nSPS) is 15.1. The number of rotatable bonds is 9. The summed E-state index contributed by atoms with van der Waals surface area (Å²) in [6, 6.07) is 2.23. The maximum atomic E-state index is 12.0. The Hall–Kier alpha value is -1.85. The quantitative estimate of drug-likeness (QED) is 0.687. The molecule has 0 aromatic carbocycles. The monoisotopic (exact) mass is 307 g/mol. The van der Waals surface area contributed by atoms with Crippen LogP contribution in [-0.2, 0) is 4.79 Å². The summed E-state index contributed by atoms with van der Waals surface area (Å²) in [5.74, 6) is -0.867. The van der Waals surface area contributed by atoms with Gasteiger partial charge in [0.1, 0.15) is 5.69 Å². The summed E-state index contributed by atoms with van der Waals surface area (Å²) < 4.78 is 1.92. The van der Waals surface area contributed by atoms with Gasteiger partial charge in [0.25, 0.3) is 5.91 Å². The number of unbranched alkanes of at least 4 members (excludes halogenated alkanes) is 3. The van der Waals surface area contributed by atoms with Crippen LogP contribution in [-0.4, -0.2) is 33.3 Å². The van der Waals surface area contributed by atoms with Gasteiger partial charge >= 0.3 is 5.97 Å². The lowest BCUT2D eigenvalue weighted by atomic mass is 10.1. The molecule has 0 bridgehead atoms. The number of hydrogen-bond donors (Lipinski definition) is 2. The molecule has 1 saturated carbocycles. The maximum absolute atomic E-state index is 12.0. The molecule has 0 unspecified atom stereocenters. The molecule has 1 aromatic heterocycles. The highest BCUT2D eigenvalue weighted by atomic mass is 16.4. The molecule has 1 amide bonds. The molecular formula is C16H25N3O3. The molecule has 2 rings (SSSR count). The SMILES string of the molecule is O=C(O)CCCCCCNC(=O)c1ccn(C2CCCC2)n1. The first-order valence-corrected chi connectivity index (χ1v) is 8.22. The Morgan fingerprint density at radius 3 is 2.68 bits per heavy atom. The average molecular weight is 307 g/mol. The van der Waals surface area contributed by atoms with Crippen LogP contribution >= 0.6 is 0 Å². The van der Waals surface area contributed by atoms with Crippen molar-refractivity contribution in [2.24, 2.45) is 0 Å². The Morgan fingerprint density at radius 2 is 1.95 bits per heavy atom. The largest absolute Gasteiger partial charge is 0.481 e. The number of nitrogens with zero attached hydrogens (tertiary/aromatic N) is 2. The number of carbonyl (C=O) groups excluding carboxylic acids is 1. The van der Waals surface area contributed by atoms with E-state index in [1.807, 2.05) is 10.9 Å². The molecule has 1 heterocycles. The number of carbonyl (C=O) groups is 2. The van der Waals surface area contributed by atoms with Gasteiger partial charge in [-0.2, -0.15) is 5.10 Å². The summed E-state index contributed by atoms with van der Waals surface area (Å²) in [5, 5.41) is 15.8. The van der Waals surface area contributed by atoms with Gasteiger partial charge in [-0.05, 0) is 31.7 Å². The predicted octanol–water partition coefficient (Wildman–Crippen LogP) is 2.76. The van der Waals surface area contributed by atoms with Gasteiger partial charge < -0.3 is 10.4 Å². The van der Waals surface area contributed by atoms with Gasteiger partial charge in [-0.3, -0.25) is 14.3 Å². The zero-order chi connectivity index (χ0) is 15.8. The Morgan fingerprint density at radius 1 is 1.23 bits per heavy atom. The van der Waals surface area contributed by atoms with Crippen LogP contribution in [0.5, 0.6) is 0 Å². The van der Waals surface area contributed by atoms with Crippen LogP contribution in [0, 0.1) is 0 Å². The molecule has 0 saturated heterocycles. The molecule has 0 atom stereocenters. The number of hydrogen-bond acceptors (Lipinski definition) is 3. The minimum Gasteiger partial charge on any atom is -0.481 e. The lowest BCUT2D eigenvalue weighted by Gasteiger charge is -2.08. The first-order valence-electron chi connectivity index (χ1n) is 8.22. The second kappa shape index (κ2) is 8.56. The van der Waals surface area contributed by atoms with Gasteiger partial charge in [0.2, 0.25) is 0 Å². The van der Waals surface area contributed by atoms with Crippen molar-refractivity contribution in [1.82, 2.24) is 15.1 Å². The summed E-state index contributed by atoms with van der Waals surface area (Å²) >= 11 is 0. The van der Waals surface area contributed by atoms with Crippen LogP contribution in [0.1, 0.15) is 74.3 Å². The van der Waals surface area contributed by atoms with Crippen molar-refractivity contribution < 1.29 is 14.7 Å². The van der Waals surface area contributed by atoms with Crippen molar-refractivity contribution in [2.45, 2.75) is 63.8 Å². The molecule has 22 heavy (non-hydrogen) atoms. The number of nitrogens with one attached hydrogen (secondary N) is 1. The van der Waals surface area contributed by atoms with Crippen LogP contribution in [0.25, 0.3) is 0 Å². The van der Waals surface area contributed by atoms with Gasteiger partial charge in [-0.25, -0.2) is 0 Å². The Labute approximate surface area is 130 Å². The molecule has 122 valence electrons. The molecule has 1 aromatic rings. The van der Waals surface area contributed by atoms with E-state index in [1.165, 1.54) is 12.8 Å². The van der Waals surface area contributed by atoms with Gasteiger partial charge in [0, 0.05) is 19.2 Å². The second-order valence-electron chi connectivity index (χ2n) is 5.93. The molecule has 1 aliphatic rings. The van der Waals surface area contributed by atoms with Gasteiger partial charge in [-0.1, -0.05) is 25.7 Å². The number of carboxylic acids is 1. The fourth-order valence-corrected chi connectivity index (χ4v) is 2.88. The van der Waals surface area contributed by atoms with Crippen molar-refractivity contribution in [3.63, 3.8) is 0 Å². The summed E-state index contributed by atoms with van der Waals surface area (Å²) in [4.78, 5) is 22.4. The highest BCUT2D eigenvalue weighted by Gasteiger charge is 2.18. The van der Waals surface area contributed by atoms with E-state index >= 15 is 0 Å². The lowest BCUT2D eigenvalue weighted by Crippen LogP contribution is -2.25. The molecule has 2 N–H and O–H groups in total. The minimum absolute atomic E-state index is 0.123. The van der Waals surface area contributed by atoms with Crippen molar-refractivity contribution in [3.8, 4) is 0 Å². The van der Waals surface area contributed by atoms with E-state index in [4.69, 9.17) is 5.11 Å². The number of aromatic nitrogens is 2. The maximum Gasteiger partial charge on any atom is 0.303 e. The van der Waals surface area contributed by atoms with Crippen LogP contribution in [0.3, 0.4) is 0 Å². The van der Waals surface area contributed by atoms with Crippen molar-refractivity contribution in [2.75, 3.05) is 6.54 Å². The van der Waals surface area contributed by atoms with E-state index in [2.05, 4.69) is 10.4 Å². The third kappa shape index (κ3) is 5.16. The van der Waals surface area contributed by atoms with Crippen LogP contribution in [0.15, 0.2) is 12.3 Å². The molecule has 0 radical (unpaired) electrons. The summed E-state index contributed by atoms with van der Waals surface area (Å²) in [5.41, 5.74) is 0.484. The molecule has 1 fully saturated rings. The smallest absolute Gasteiger partial charge is 0.303 e. The molecule has 6 heteroatoms. The van der Waals surface area contributed by atoms with Crippen molar-refractivity contribution in [1.29, 1.82) is 0 Å². The van der Waals surface area contributed by atoms with E-state index in [0.29, 0.717) is 24.7 Å². The van der Waals surface area contributed by atoms with Gasteiger partial charge in [0.15, 0.2) is 0 Å². The minimum atomic E-state index is -0.744. The van der Waals surface area contributed by atoms with Crippen LogP contribution in [0.2, 0.25) is 0 Å². The Balaban J connectivity index is 1.62. The zero-order valence-electron chi connectivity index (χ0n) is 13.0. The molecule has 6 nitrogen and oxygen atoms in total. The Kier molecular flexibility index (Phi) is 6.43. The van der Waals surface area contributed by atoms with E-state index in [9.17, 15) is 9.59 Å². The van der Waals surface area contributed by atoms with E-state index < -0.39 is 5.97 Å². The lowest BCUT2D eigenvalue weighted by molar-refractivity contribution is -0.137. The topological polar surface area (TPSA) is 84.2 Å². The van der Waals surface area contributed by atoms with E-state index in [-0.39, 0.29) is 12.3 Å². The number of amides is 1. The second-order valence-corrected chi connectivity index (χ2v) is 5.93. The van der Waals surface area contributed by atoms with Gasteiger partial charge in [0.05, 0.1) is 6.04 Å². The number of carboxylic acid groups (broad SMARTS) is 1. The van der Waals surface area contributed by atoms with Crippen molar-refractivity contribution in [3.05, 3.63) is 18.0 Å². The third-order valence-electron chi connectivity index (χ3n) is 4.14. The van der Waals surface area contributed by atoms with Crippen molar-refractivity contribution >= 4 is 11.9 Å². The van der Waals surface area contributed by atoms with Crippen LogP contribution < -0.4 is 5.32 Å². The molecule has 0 aliphatic heterocycles. The fraction of sp³-hybridized carbons (Fsp3) is 0.688. The van der Waals surface area contributed by atoms with E-state index in [0.717, 1.165) is 32.1 Å². The summed E-state index contributed by atoms with van der Waals surface area (Å²) in [6.45, 7) is 0.613. The molecule has 0 spiro atoms. The standard InChI is InChI=1S/C16H25N3O3/c20-15(21)9-3-1-2-6-11-17-16(22)14-10-12-19(18-14)13-7-4-5-8-13/h10,12-13H,1-9,11H2,(H,17,22)(H,20,21). The predicted molar refractivity (Wildman–Crippen MR) is 82.8 cm³/mol. The number of aliphatic carboxylic acids is 1. The van der Waals surface area contributed by atoms with E-state index in [1.54, 1.807) is 6.07 Å². The Bertz CT molecular complexity index is 493. The zero-order valence-corrected chi connectivity index (χ0v) is 13.0. The highest BCUT2D eigenvalue weighted by Crippen LogP contribution is 2.28. The first-order chi connectivity index (χ1) is 10.7. The van der Waals surface area contributed by atoms with Gasteiger partial charge in [-0.15, -0.1) is 0 Å². The highest BCUT2D eigenvalue weighted by molar-refractivity contribution is 5.92. The van der Waals surface area contributed by atoms with Crippen LogP contribution in [0.4, 0.5) is 0 Å². The fourth-order valence-electron chi connectivity index (χ4n) is 2.88. The third-order valence-corrected chi connectivity index (χ3v) is 4.14. The summed E-state index contributed by atoms with van der Waals surface area (Å²) in [7, 11) is 0. The first kappa shape index (κ1) is 16.5. The molecule has 1 aliphatic carbocycles. The summed E-state index contributed by atoms with van der Waals surface area (Å²) in [6.07, 6.45) is 10.3.